The predicted molar refractivity (Wildman–Crippen MR) is 97.8 cm³/mol. The highest BCUT2D eigenvalue weighted by Crippen LogP contribution is 2.34. The van der Waals surface area contributed by atoms with Gasteiger partial charge in [-0.05, 0) is 31.4 Å². The van der Waals surface area contributed by atoms with Crippen LogP contribution in [0.5, 0.6) is 5.75 Å². The Hall–Kier alpha value is -2.83. The highest BCUT2D eigenvalue weighted by Gasteiger charge is 2.25. The number of carbonyl (C=O) groups excluding carboxylic acids is 1. The summed E-state index contributed by atoms with van der Waals surface area (Å²) in [4.78, 5) is 21.2. The van der Waals surface area contributed by atoms with Gasteiger partial charge < -0.3 is 19.1 Å². The van der Waals surface area contributed by atoms with Gasteiger partial charge in [0.2, 0.25) is 0 Å². The number of hydrogen-bond donors (Lipinski definition) is 1. The van der Waals surface area contributed by atoms with Crippen molar-refractivity contribution in [2.24, 2.45) is 7.05 Å². The van der Waals surface area contributed by atoms with Crippen molar-refractivity contribution >= 4 is 17.4 Å². The number of rotatable bonds is 2. The van der Waals surface area contributed by atoms with Gasteiger partial charge in [0.1, 0.15) is 12.1 Å². The Bertz CT molecular complexity index is 886. The van der Waals surface area contributed by atoms with Crippen LogP contribution in [-0.4, -0.2) is 46.6 Å². The lowest BCUT2D eigenvalue weighted by atomic mass is 10.1. The molecule has 0 unspecified atom stereocenters. The fraction of sp³-hybridized carbons (Fsp3) is 0.421. The van der Waals surface area contributed by atoms with Gasteiger partial charge in [-0.25, -0.2) is 4.98 Å². The Kier molecular flexibility index (Phi) is 4.36. The molecule has 1 saturated heterocycles. The fourth-order valence-electron chi connectivity index (χ4n) is 3.47. The molecule has 1 amide bonds. The molecule has 136 valence electrons. The lowest BCUT2D eigenvalue weighted by Crippen LogP contribution is -2.36. The van der Waals surface area contributed by atoms with Crippen molar-refractivity contribution in [3.05, 3.63) is 41.6 Å². The first-order valence-electron chi connectivity index (χ1n) is 9.04. The zero-order chi connectivity index (χ0) is 18.1. The van der Waals surface area contributed by atoms with E-state index in [1.165, 1.54) is 6.42 Å². The molecule has 4 heterocycles. The van der Waals surface area contributed by atoms with Crippen molar-refractivity contribution in [2.45, 2.75) is 19.3 Å². The third-order valence-corrected chi connectivity index (χ3v) is 5.00. The van der Waals surface area contributed by atoms with Crippen LogP contribution in [0.15, 0.2) is 30.6 Å². The minimum atomic E-state index is 0.0286. The average Bonchev–Trinajstić information content (AvgIpc) is 2.69. The number of fused-ring (bicyclic) bond motifs is 1. The molecule has 7 heteroatoms. The molecule has 0 spiro atoms. The van der Waals surface area contributed by atoms with Gasteiger partial charge in [-0.1, -0.05) is 0 Å². The number of anilines is 2. The van der Waals surface area contributed by atoms with Crippen molar-refractivity contribution in [3.8, 4) is 5.75 Å². The van der Waals surface area contributed by atoms with E-state index >= 15 is 0 Å². The van der Waals surface area contributed by atoms with E-state index in [-0.39, 0.29) is 5.91 Å². The van der Waals surface area contributed by atoms with Crippen LogP contribution >= 0.6 is 0 Å². The SMILES string of the molecule is Cn1ccc(N2CCOc3cc(C(=O)N4CCCCC4)cnc32)cc1=N. The zero-order valence-corrected chi connectivity index (χ0v) is 14.9. The first kappa shape index (κ1) is 16.6. The Balaban J connectivity index is 1.64. The normalized spacial score (nSPS) is 16.8. The summed E-state index contributed by atoms with van der Waals surface area (Å²) in [5.41, 5.74) is 1.90. The number of amides is 1. The summed E-state index contributed by atoms with van der Waals surface area (Å²) in [6, 6.07) is 5.57. The number of carbonyl (C=O) groups is 1. The van der Waals surface area contributed by atoms with E-state index in [0.717, 1.165) is 31.6 Å². The topological polar surface area (TPSA) is 74.5 Å². The number of ether oxygens (including phenoxy) is 1. The molecule has 1 fully saturated rings. The number of likely N-dealkylation sites (tertiary alicyclic amines) is 1. The van der Waals surface area contributed by atoms with Gasteiger partial charge in [-0.2, -0.15) is 0 Å². The van der Waals surface area contributed by atoms with Crippen LogP contribution < -0.4 is 15.1 Å². The van der Waals surface area contributed by atoms with Crippen LogP contribution in [0.3, 0.4) is 0 Å². The summed E-state index contributed by atoms with van der Waals surface area (Å²) in [5, 5.41) is 8.00. The minimum absolute atomic E-state index is 0.0286. The van der Waals surface area contributed by atoms with Gasteiger partial charge in [-0.15, -0.1) is 0 Å². The number of aromatic nitrogens is 2. The van der Waals surface area contributed by atoms with Crippen LogP contribution in [0, 0.1) is 5.41 Å². The van der Waals surface area contributed by atoms with Crippen molar-refractivity contribution in [2.75, 3.05) is 31.1 Å². The largest absolute Gasteiger partial charge is 0.488 e. The number of piperidine rings is 1. The molecule has 7 nitrogen and oxygen atoms in total. The number of nitrogens with zero attached hydrogens (tertiary/aromatic N) is 4. The van der Waals surface area contributed by atoms with E-state index in [4.69, 9.17) is 10.1 Å². The van der Waals surface area contributed by atoms with E-state index in [9.17, 15) is 4.79 Å². The second-order valence-corrected chi connectivity index (χ2v) is 6.78. The molecule has 0 saturated carbocycles. The van der Waals surface area contributed by atoms with Crippen molar-refractivity contribution in [3.63, 3.8) is 0 Å². The standard InChI is InChI=1S/C19H23N5O2/c1-22-8-5-15(12-17(22)20)24-9-10-26-16-11-14(13-21-18(16)24)19(25)23-6-3-2-4-7-23/h5,8,11-13,20H,2-4,6-7,9-10H2,1H3. The molecular weight excluding hydrogens is 330 g/mol. The van der Waals surface area contributed by atoms with E-state index < -0.39 is 0 Å². The van der Waals surface area contributed by atoms with Gasteiger partial charge in [0.15, 0.2) is 11.6 Å². The molecule has 2 aromatic heterocycles. The maximum Gasteiger partial charge on any atom is 0.255 e. The quantitative estimate of drug-likeness (QED) is 0.897. The Labute approximate surface area is 152 Å². The van der Waals surface area contributed by atoms with E-state index in [2.05, 4.69) is 4.98 Å². The monoisotopic (exact) mass is 353 g/mol. The van der Waals surface area contributed by atoms with E-state index in [0.29, 0.717) is 35.8 Å². The molecule has 0 atom stereocenters. The van der Waals surface area contributed by atoms with Gasteiger partial charge in [0, 0.05) is 44.3 Å². The smallest absolute Gasteiger partial charge is 0.255 e. The van der Waals surface area contributed by atoms with Crippen LogP contribution in [-0.2, 0) is 7.05 Å². The molecular formula is C19H23N5O2. The first-order valence-corrected chi connectivity index (χ1v) is 9.04. The lowest BCUT2D eigenvalue weighted by molar-refractivity contribution is 0.0723. The number of pyridine rings is 2. The Morgan fingerprint density at radius 2 is 2.00 bits per heavy atom. The third-order valence-electron chi connectivity index (χ3n) is 5.00. The van der Waals surface area contributed by atoms with Crippen molar-refractivity contribution in [1.82, 2.24) is 14.5 Å². The maximum absolute atomic E-state index is 12.7. The van der Waals surface area contributed by atoms with Crippen LogP contribution in [0.1, 0.15) is 29.6 Å². The number of nitrogens with one attached hydrogen (secondary N) is 1. The second-order valence-electron chi connectivity index (χ2n) is 6.78. The Morgan fingerprint density at radius 3 is 2.77 bits per heavy atom. The minimum Gasteiger partial charge on any atom is -0.488 e. The number of hydrogen-bond acceptors (Lipinski definition) is 5. The zero-order valence-electron chi connectivity index (χ0n) is 14.9. The summed E-state index contributed by atoms with van der Waals surface area (Å²) in [5.74, 6) is 1.35. The summed E-state index contributed by atoms with van der Waals surface area (Å²) < 4.78 is 7.53. The van der Waals surface area contributed by atoms with Crippen LogP contribution in [0.25, 0.3) is 0 Å². The van der Waals surface area contributed by atoms with Gasteiger partial charge >= 0.3 is 0 Å². The molecule has 2 aromatic rings. The molecule has 2 aliphatic rings. The maximum atomic E-state index is 12.7. The first-order chi connectivity index (χ1) is 12.6. The summed E-state index contributed by atoms with van der Waals surface area (Å²) in [6.07, 6.45) is 6.82. The van der Waals surface area contributed by atoms with Gasteiger partial charge in [0.25, 0.3) is 5.91 Å². The van der Waals surface area contributed by atoms with Crippen LogP contribution in [0.4, 0.5) is 11.5 Å². The molecule has 2 aliphatic heterocycles. The highest BCUT2D eigenvalue weighted by molar-refractivity contribution is 5.95. The molecule has 4 rings (SSSR count). The average molecular weight is 353 g/mol. The molecule has 0 bridgehead atoms. The van der Waals surface area contributed by atoms with E-state index in [1.54, 1.807) is 16.8 Å². The third kappa shape index (κ3) is 3.05. The fourth-order valence-corrected chi connectivity index (χ4v) is 3.47. The van der Waals surface area contributed by atoms with Crippen LogP contribution in [0.2, 0.25) is 0 Å². The molecule has 0 radical (unpaired) electrons. The summed E-state index contributed by atoms with van der Waals surface area (Å²) >= 11 is 0. The number of aryl methyl sites for hydroxylation is 1. The molecule has 1 N–H and O–H groups in total. The van der Waals surface area contributed by atoms with E-state index in [1.807, 2.05) is 35.2 Å². The van der Waals surface area contributed by atoms with Crippen molar-refractivity contribution < 1.29 is 9.53 Å². The lowest BCUT2D eigenvalue weighted by Gasteiger charge is -2.31. The molecule has 0 aromatic carbocycles. The summed E-state index contributed by atoms with van der Waals surface area (Å²) in [7, 11) is 1.84. The predicted octanol–water partition coefficient (Wildman–Crippen LogP) is 2.06. The second kappa shape index (κ2) is 6.82. The van der Waals surface area contributed by atoms with Gasteiger partial charge in [-0.3, -0.25) is 10.2 Å². The molecule has 0 aliphatic carbocycles. The van der Waals surface area contributed by atoms with Crippen molar-refractivity contribution in [1.29, 1.82) is 5.41 Å². The molecule has 26 heavy (non-hydrogen) atoms. The summed E-state index contributed by atoms with van der Waals surface area (Å²) in [6.45, 7) is 2.81. The highest BCUT2D eigenvalue weighted by atomic mass is 16.5. The van der Waals surface area contributed by atoms with Gasteiger partial charge in [0.05, 0.1) is 12.1 Å². The Morgan fingerprint density at radius 1 is 1.19 bits per heavy atom.